The van der Waals surface area contributed by atoms with E-state index in [1.165, 1.54) is 0 Å². The van der Waals surface area contributed by atoms with Crippen molar-refractivity contribution in [3.05, 3.63) is 64.1 Å². The van der Waals surface area contributed by atoms with E-state index in [4.69, 9.17) is 23.2 Å². The summed E-state index contributed by atoms with van der Waals surface area (Å²) in [6.07, 6.45) is 0. The van der Waals surface area contributed by atoms with Crippen LogP contribution in [0, 0.1) is 0 Å². The molecule has 0 bridgehead atoms. The van der Waals surface area contributed by atoms with E-state index in [9.17, 15) is 4.79 Å². The van der Waals surface area contributed by atoms with E-state index in [1.807, 2.05) is 42.5 Å². The molecule has 5 heteroatoms. The highest BCUT2D eigenvalue weighted by Gasteiger charge is 2.10. The van der Waals surface area contributed by atoms with Crippen LogP contribution in [0.15, 0.2) is 48.5 Å². The summed E-state index contributed by atoms with van der Waals surface area (Å²) in [6.45, 7) is 0.713. The molecule has 0 atom stereocenters. The lowest BCUT2D eigenvalue weighted by Crippen LogP contribution is -2.31. The highest BCUT2D eigenvalue weighted by molar-refractivity contribution is 6.33. The number of nitrogens with one attached hydrogen (secondary N) is 1. The SMILES string of the molecule is CN(Cc1cccc(Cl)c1)C(=O)CNc1ccccc1Cl. The number of amides is 1. The zero-order valence-electron chi connectivity index (χ0n) is 11.6. The predicted octanol–water partition coefficient (Wildman–Crippen LogP) is 4.06. The summed E-state index contributed by atoms with van der Waals surface area (Å²) in [5.41, 5.74) is 1.75. The first-order valence-electron chi connectivity index (χ1n) is 6.53. The number of halogens is 2. The van der Waals surface area contributed by atoms with E-state index in [1.54, 1.807) is 18.0 Å². The number of likely N-dealkylation sites (N-methyl/N-ethyl adjacent to an activating group) is 1. The number of hydrogen-bond donors (Lipinski definition) is 1. The van der Waals surface area contributed by atoms with Crippen molar-refractivity contribution in [2.45, 2.75) is 6.54 Å². The maximum atomic E-state index is 12.1. The Kier molecular flexibility index (Phi) is 5.48. The molecule has 0 aromatic heterocycles. The summed E-state index contributed by atoms with van der Waals surface area (Å²) in [7, 11) is 1.76. The van der Waals surface area contributed by atoms with E-state index in [-0.39, 0.29) is 12.5 Å². The fourth-order valence-corrected chi connectivity index (χ4v) is 2.32. The molecule has 21 heavy (non-hydrogen) atoms. The van der Waals surface area contributed by atoms with Crippen LogP contribution < -0.4 is 5.32 Å². The Morgan fingerprint density at radius 3 is 2.62 bits per heavy atom. The summed E-state index contributed by atoms with van der Waals surface area (Å²) >= 11 is 12.0. The van der Waals surface area contributed by atoms with Gasteiger partial charge in [0.25, 0.3) is 0 Å². The Morgan fingerprint density at radius 1 is 1.14 bits per heavy atom. The molecule has 0 spiro atoms. The minimum Gasteiger partial charge on any atom is -0.375 e. The highest BCUT2D eigenvalue weighted by atomic mass is 35.5. The van der Waals surface area contributed by atoms with Crippen LogP contribution in [0.3, 0.4) is 0 Å². The number of carbonyl (C=O) groups excluding carboxylic acids is 1. The molecule has 0 aliphatic heterocycles. The van der Waals surface area contributed by atoms with Gasteiger partial charge in [0.05, 0.1) is 17.3 Å². The van der Waals surface area contributed by atoms with Gasteiger partial charge >= 0.3 is 0 Å². The minimum absolute atomic E-state index is 0.0186. The van der Waals surface area contributed by atoms with E-state index in [0.29, 0.717) is 16.6 Å². The van der Waals surface area contributed by atoms with Crippen molar-refractivity contribution in [1.82, 2.24) is 4.90 Å². The van der Waals surface area contributed by atoms with Gasteiger partial charge in [-0.05, 0) is 29.8 Å². The zero-order valence-corrected chi connectivity index (χ0v) is 13.2. The van der Waals surface area contributed by atoms with Crippen LogP contribution >= 0.6 is 23.2 Å². The van der Waals surface area contributed by atoms with Gasteiger partial charge in [-0.25, -0.2) is 0 Å². The summed E-state index contributed by atoms with van der Waals surface area (Å²) < 4.78 is 0. The van der Waals surface area contributed by atoms with Crippen LogP contribution in [0.25, 0.3) is 0 Å². The first-order chi connectivity index (χ1) is 10.1. The molecule has 2 aromatic rings. The average molecular weight is 323 g/mol. The summed E-state index contributed by atoms with van der Waals surface area (Å²) in [5.74, 6) is -0.0186. The second-order valence-corrected chi connectivity index (χ2v) is 5.56. The molecule has 0 fully saturated rings. The van der Waals surface area contributed by atoms with Crippen molar-refractivity contribution in [2.75, 3.05) is 18.9 Å². The largest absolute Gasteiger partial charge is 0.375 e. The molecular formula is C16H16Cl2N2O. The molecular weight excluding hydrogens is 307 g/mol. The second-order valence-electron chi connectivity index (χ2n) is 4.71. The zero-order chi connectivity index (χ0) is 15.2. The average Bonchev–Trinajstić information content (AvgIpc) is 2.46. The number of nitrogens with zero attached hydrogens (tertiary/aromatic N) is 1. The Morgan fingerprint density at radius 2 is 1.90 bits per heavy atom. The Balaban J connectivity index is 1.90. The van der Waals surface area contributed by atoms with Gasteiger partial charge in [0.2, 0.25) is 5.91 Å². The van der Waals surface area contributed by atoms with E-state index in [2.05, 4.69) is 5.32 Å². The number of anilines is 1. The lowest BCUT2D eigenvalue weighted by molar-refractivity contribution is -0.128. The van der Waals surface area contributed by atoms with Crippen LogP contribution in [0.5, 0.6) is 0 Å². The molecule has 1 N–H and O–H groups in total. The van der Waals surface area contributed by atoms with Crippen LogP contribution in [0.1, 0.15) is 5.56 Å². The number of rotatable bonds is 5. The third-order valence-electron chi connectivity index (χ3n) is 3.04. The highest BCUT2D eigenvalue weighted by Crippen LogP contribution is 2.20. The first-order valence-corrected chi connectivity index (χ1v) is 7.28. The van der Waals surface area contributed by atoms with Crippen LogP contribution in [-0.2, 0) is 11.3 Å². The predicted molar refractivity (Wildman–Crippen MR) is 87.9 cm³/mol. The first kappa shape index (κ1) is 15.7. The number of carbonyl (C=O) groups is 1. The molecule has 0 heterocycles. The van der Waals surface area contributed by atoms with Crippen molar-refractivity contribution >= 4 is 34.8 Å². The molecule has 3 nitrogen and oxygen atoms in total. The van der Waals surface area contributed by atoms with Gasteiger partial charge < -0.3 is 10.2 Å². The van der Waals surface area contributed by atoms with Gasteiger partial charge in [-0.3, -0.25) is 4.79 Å². The molecule has 2 aromatic carbocycles. The Bertz CT molecular complexity index is 631. The van der Waals surface area contributed by atoms with Gasteiger partial charge in [0.15, 0.2) is 0 Å². The molecule has 0 saturated heterocycles. The van der Waals surface area contributed by atoms with Crippen molar-refractivity contribution in [1.29, 1.82) is 0 Å². The standard InChI is InChI=1S/C16H16Cl2N2O/c1-20(11-12-5-4-6-13(17)9-12)16(21)10-19-15-8-3-2-7-14(15)18/h2-9,19H,10-11H2,1H3. The topological polar surface area (TPSA) is 32.3 Å². The smallest absolute Gasteiger partial charge is 0.241 e. The van der Waals surface area contributed by atoms with Gasteiger partial charge in [0, 0.05) is 18.6 Å². The maximum absolute atomic E-state index is 12.1. The van der Waals surface area contributed by atoms with Crippen molar-refractivity contribution in [3.8, 4) is 0 Å². The fraction of sp³-hybridized carbons (Fsp3) is 0.188. The molecule has 2 rings (SSSR count). The second kappa shape index (κ2) is 7.34. The normalized spacial score (nSPS) is 10.2. The third kappa shape index (κ3) is 4.66. The van der Waals surface area contributed by atoms with Crippen molar-refractivity contribution in [3.63, 3.8) is 0 Å². The summed E-state index contributed by atoms with van der Waals surface area (Å²) in [5, 5.41) is 4.31. The monoisotopic (exact) mass is 322 g/mol. The van der Waals surface area contributed by atoms with Crippen LogP contribution in [-0.4, -0.2) is 24.4 Å². The quantitative estimate of drug-likeness (QED) is 0.900. The number of para-hydroxylation sites is 1. The molecule has 0 unspecified atom stereocenters. The van der Waals surface area contributed by atoms with Crippen molar-refractivity contribution in [2.24, 2.45) is 0 Å². The Labute approximate surface area is 134 Å². The fourth-order valence-electron chi connectivity index (χ4n) is 1.91. The van der Waals surface area contributed by atoms with Gasteiger partial charge in [-0.2, -0.15) is 0 Å². The lowest BCUT2D eigenvalue weighted by atomic mass is 10.2. The molecule has 0 saturated carbocycles. The summed E-state index contributed by atoms with van der Waals surface area (Å²) in [6, 6.07) is 14.8. The molecule has 0 radical (unpaired) electrons. The van der Waals surface area contributed by atoms with Gasteiger partial charge in [-0.1, -0.05) is 47.5 Å². The number of hydrogen-bond acceptors (Lipinski definition) is 2. The maximum Gasteiger partial charge on any atom is 0.241 e. The molecule has 1 amide bonds. The van der Waals surface area contributed by atoms with Gasteiger partial charge in [0.1, 0.15) is 0 Å². The summed E-state index contributed by atoms with van der Waals surface area (Å²) in [4.78, 5) is 13.8. The van der Waals surface area contributed by atoms with E-state index in [0.717, 1.165) is 11.3 Å². The minimum atomic E-state index is -0.0186. The van der Waals surface area contributed by atoms with Crippen molar-refractivity contribution < 1.29 is 4.79 Å². The van der Waals surface area contributed by atoms with E-state index >= 15 is 0 Å². The van der Waals surface area contributed by atoms with Crippen LogP contribution in [0.4, 0.5) is 5.69 Å². The molecule has 0 aliphatic rings. The third-order valence-corrected chi connectivity index (χ3v) is 3.60. The molecule has 0 aliphatic carbocycles. The molecule has 110 valence electrons. The Hall–Kier alpha value is -1.71. The lowest BCUT2D eigenvalue weighted by Gasteiger charge is -2.18. The van der Waals surface area contributed by atoms with Gasteiger partial charge in [-0.15, -0.1) is 0 Å². The van der Waals surface area contributed by atoms with E-state index < -0.39 is 0 Å². The van der Waals surface area contributed by atoms with Crippen LogP contribution in [0.2, 0.25) is 10.0 Å². The number of benzene rings is 2.